The van der Waals surface area contributed by atoms with Gasteiger partial charge in [-0.25, -0.2) is 4.39 Å². The Hall–Kier alpha value is -0.970. The van der Waals surface area contributed by atoms with Gasteiger partial charge in [-0.2, -0.15) is 0 Å². The van der Waals surface area contributed by atoms with Crippen molar-refractivity contribution in [3.63, 3.8) is 0 Å². The van der Waals surface area contributed by atoms with Crippen LogP contribution in [0.1, 0.15) is 11.1 Å². The molecule has 0 aromatic heterocycles. The molecule has 1 fully saturated rings. The Bertz CT molecular complexity index is 402. The smallest absolute Gasteiger partial charge is 0.126 e. The van der Waals surface area contributed by atoms with Crippen LogP contribution >= 0.6 is 0 Å². The van der Waals surface area contributed by atoms with Gasteiger partial charge >= 0.3 is 0 Å². The molecular formula is C15H24FN3. The SMILES string of the molecule is Cc1cc(CN(C)CCN2CCNCC2)ccc1F. The summed E-state index contributed by atoms with van der Waals surface area (Å²) in [5.74, 6) is -0.118. The fraction of sp³-hybridized carbons (Fsp3) is 0.600. The van der Waals surface area contributed by atoms with E-state index in [-0.39, 0.29) is 5.82 Å². The molecule has 1 aliphatic rings. The van der Waals surface area contributed by atoms with Gasteiger partial charge in [-0.05, 0) is 31.2 Å². The summed E-state index contributed by atoms with van der Waals surface area (Å²) in [7, 11) is 2.13. The predicted molar refractivity (Wildman–Crippen MR) is 76.8 cm³/mol. The van der Waals surface area contributed by atoms with Crippen LogP contribution in [-0.4, -0.2) is 56.1 Å². The highest BCUT2D eigenvalue weighted by atomic mass is 19.1. The molecule has 1 N–H and O–H groups in total. The standard InChI is InChI=1S/C15H24FN3/c1-13-11-14(3-4-15(13)16)12-18(2)9-10-19-7-5-17-6-8-19/h3-4,11,17H,5-10,12H2,1-2H3. The zero-order chi connectivity index (χ0) is 13.7. The van der Waals surface area contributed by atoms with Gasteiger partial charge in [0.2, 0.25) is 0 Å². The van der Waals surface area contributed by atoms with E-state index in [2.05, 4.69) is 22.2 Å². The van der Waals surface area contributed by atoms with Crippen molar-refractivity contribution < 1.29 is 4.39 Å². The lowest BCUT2D eigenvalue weighted by Crippen LogP contribution is -2.45. The largest absolute Gasteiger partial charge is 0.314 e. The average molecular weight is 265 g/mol. The van der Waals surface area contributed by atoms with E-state index in [0.29, 0.717) is 0 Å². The number of likely N-dealkylation sites (N-methyl/N-ethyl adjacent to an activating group) is 1. The van der Waals surface area contributed by atoms with Crippen LogP contribution in [0.4, 0.5) is 4.39 Å². The number of rotatable bonds is 5. The Morgan fingerprint density at radius 1 is 1.32 bits per heavy atom. The third kappa shape index (κ3) is 4.56. The number of hydrogen-bond donors (Lipinski definition) is 1. The quantitative estimate of drug-likeness (QED) is 0.870. The normalized spacial score (nSPS) is 17.1. The molecule has 1 aromatic carbocycles. The van der Waals surface area contributed by atoms with Crippen LogP contribution in [0.3, 0.4) is 0 Å². The van der Waals surface area contributed by atoms with E-state index in [1.165, 1.54) is 5.56 Å². The second-order valence-electron chi connectivity index (χ2n) is 5.41. The molecule has 106 valence electrons. The minimum Gasteiger partial charge on any atom is -0.314 e. The minimum absolute atomic E-state index is 0.118. The first-order valence-corrected chi connectivity index (χ1v) is 7.02. The van der Waals surface area contributed by atoms with Gasteiger partial charge in [0.15, 0.2) is 0 Å². The maximum absolute atomic E-state index is 13.2. The molecule has 0 unspecified atom stereocenters. The molecular weight excluding hydrogens is 241 g/mol. The van der Waals surface area contributed by atoms with Crippen molar-refractivity contribution in [2.75, 3.05) is 46.3 Å². The van der Waals surface area contributed by atoms with Crippen molar-refractivity contribution in [2.24, 2.45) is 0 Å². The second-order valence-corrected chi connectivity index (χ2v) is 5.41. The van der Waals surface area contributed by atoms with Crippen LogP contribution in [0, 0.1) is 12.7 Å². The molecule has 0 atom stereocenters. The number of aryl methyl sites for hydroxylation is 1. The summed E-state index contributed by atoms with van der Waals surface area (Å²) in [4.78, 5) is 4.79. The van der Waals surface area contributed by atoms with Crippen molar-refractivity contribution in [3.05, 3.63) is 35.1 Å². The molecule has 2 rings (SSSR count). The maximum Gasteiger partial charge on any atom is 0.126 e. The summed E-state index contributed by atoms with van der Waals surface area (Å²) in [6.07, 6.45) is 0. The molecule has 1 aromatic rings. The number of nitrogens with zero attached hydrogens (tertiary/aromatic N) is 2. The highest BCUT2D eigenvalue weighted by Gasteiger charge is 2.10. The monoisotopic (exact) mass is 265 g/mol. The summed E-state index contributed by atoms with van der Waals surface area (Å²) < 4.78 is 13.2. The number of benzene rings is 1. The summed E-state index contributed by atoms with van der Waals surface area (Å²) in [5.41, 5.74) is 1.91. The third-order valence-electron chi connectivity index (χ3n) is 3.68. The van der Waals surface area contributed by atoms with Gasteiger partial charge in [-0.15, -0.1) is 0 Å². The number of nitrogens with one attached hydrogen (secondary N) is 1. The topological polar surface area (TPSA) is 18.5 Å². The lowest BCUT2D eigenvalue weighted by atomic mass is 10.1. The van der Waals surface area contributed by atoms with E-state index in [1.54, 1.807) is 6.07 Å². The molecule has 1 saturated heterocycles. The van der Waals surface area contributed by atoms with Gasteiger partial charge in [-0.3, -0.25) is 4.90 Å². The fourth-order valence-electron chi connectivity index (χ4n) is 2.44. The summed E-state index contributed by atoms with van der Waals surface area (Å²) >= 11 is 0. The molecule has 1 aliphatic heterocycles. The Morgan fingerprint density at radius 2 is 2.05 bits per heavy atom. The fourth-order valence-corrected chi connectivity index (χ4v) is 2.44. The van der Waals surface area contributed by atoms with E-state index in [0.717, 1.165) is 51.4 Å². The van der Waals surface area contributed by atoms with Crippen LogP contribution in [0.15, 0.2) is 18.2 Å². The zero-order valence-corrected chi connectivity index (χ0v) is 12.0. The van der Waals surface area contributed by atoms with Crippen LogP contribution in [-0.2, 0) is 6.54 Å². The van der Waals surface area contributed by atoms with Gasteiger partial charge in [-0.1, -0.05) is 12.1 Å². The van der Waals surface area contributed by atoms with E-state index in [4.69, 9.17) is 0 Å². The Kier molecular flexibility index (Phi) is 5.31. The van der Waals surface area contributed by atoms with Gasteiger partial charge in [0.05, 0.1) is 0 Å². The van der Waals surface area contributed by atoms with Gasteiger partial charge < -0.3 is 10.2 Å². The molecule has 0 amide bonds. The molecule has 0 bridgehead atoms. The number of halogens is 1. The van der Waals surface area contributed by atoms with E-state index in [1.807, 2.05) is 19.1 Å². The average Bonchev–Trinajstić information content (AvgIpc) is 2.42. The zero-order valence-electron chi connectivity index (χ0n) is 12.0. The molecule has 0 radical (unpaired) electrons. The van der Waals surface area contributed by atoms with Crippen LogP contribution in [0.2, 0.25) is 0 Å². The predicted octanol–water partition coefficient (Wildman–Crippen LogP) is 1.47. The van der Waals surface area contributed by atoms with Crippen molar-refractivity contribution in [3.8, 4) is 0 Å². The highest BCUT2D eigenvalue weighted by Crippen LogP contribution is 2.10. The molecule has 3 nitrogen and oxygen atoms in total. The first-order valence-electron chi connectivity index (χ1n) is 7.02. The lowest BCUT2D eigenvalue weighted by molar-refractivity contribution is 0.202. The number of hydrogen-bond acceptors (Lipinski definition) is 3. The summed E-state index contributed by atoms with van der Waals surface area (Å²) in [6.45, 7) is 9.34. The Labute approximate surface area is 115 Å². The Balaban J connectivity index is 1.76. The first-order chi connectivity index (χ1) is 9.15. The highest BCUT2D eigenvalue weighted by molar-refractivity contribution is 5.23. The minimum atomic E-state index is -0.118. The van der Waals surface area contributed by atoms with Crippen LogP contribution < -0.4 is 5.32 Å². The molecule has 0 spiro atoms. The molecule has 0 aliphatic carbocycles. The number of piperazine rings is 1. The van der Waals surface area contributed by atoms with E-state index < -0.39 is 0 Å². The first kappa shape index (κ1) is 14.4. The van der Waals surface area contributed by atoms with Crippen molar-refractivity contribution >= 4 is 0 Å². The summed E-state index contributed by atoms with van der Waals surface area (Å²) in [5, 5.41) is 3.36. The van der Waals surface area contributed by atoms with Gasteiger partial charge in [0.25, 0.3) is 0 Å². The second kappa shape index (κ2) is 6.98. The lowest BCUT2D eigenvalue weighted by Gasteiger charge is -2.29. The third-order valence-corrected chi connectivity index (χ3v) is 3.68. The van der Waals surface area contributed by atoms with Crippen molar-refractivity contribution in [1.82, 2.24) is 15.1 Å². The van der Waals surface area contributed by atoms with E-state index >= 15 is 0 Å². The van der Waals surface area contributed by atoms with Crippen LogP contribution in [0.5, 0.6) is 0 Å². The summed E-state index contributed by atoms with van der Waals surface area (Å²) in [6, 6.07) is 5.38. The van der Waals surface area contributed by atoms with Gasteiger partial charge in [0.1, 0.15) is 5.82 Å². The molecule has 1 heterocycles. The van der Waals surface area contributed by atoms with Crippen LogP contribution in [0.25, 0.3) is 0 Å². The van der Waals surface area contributed by atoms with Gasteiger partial charge in [0, 0.05) is 45.8 Å². The Morgan fingerprint density at radius 3 is 2.74 bits per heavy atom. The van der Waals surface area contributed by atoms with Crippen molar-refractivity contribution in [2.45, 2.75) is 13.5 Å². The van der Waals surface area contributed by atoms with Crippen molar-refractivity contribution in [1.29, 1.82) is 0 Å². The maximum atomic E-state index is 13.2. The molecule has 19 heavy (non-hydrogen) atoms. The molecule has 0 saturated carbocycles. The van der Waals surface area contributed by atoms with E-state index in [9.17, 15) is 4.39 Å². The molecule has 4 heteroatoms.